The Balaban J connectivity index is 0.000000298. The fraction of sp³-hybridized carbons (Fsp3) is 0.409. The number of nitrogens with one attached hydrogen (secondary N) is 1. The van der Waals surface area contributed by atoms with Crippen LogP contribution in [-0.2, 0) is 9.53 Å². The number of halogens is 1. The molecule has 2 aromatic carbocycles. The van der Waals surface area contributed by atoms with Crippen LogP contribution in [0.15, 0.2) is 54.6 Å². The second-order valence-electron chi connectivity index (χ2n) is 7.50. The molecule has 1 heterocycles. The molecule has 26 heavy (non-hydrogen) atoms. The smallest absolute Gasteiger partial charge is 0.293 e. The van der Waals surface area contributed by atoms with Crippen molar-refractivity contribution in [1.82, 2.24) is 5.32 Å². The minimum Gasteiger partial charge on any atom is -0.462 e. The monoisotopic (exact) mass is 373 g/mol. The summed E-state index contributed by atoms with van der Waals surface area (Å²) >= 11 is 6.14. The number of piperidine rings is 1. The third kappa shape index (κ3) is 6.47. The topological polar surface area (TPSA) is 38.3 Å². The molecule has 0 radical (unpaired) electrons. The predicted molar refractivity (Wildman–Crippen MR) is 108 cm³/mol. The molecule has 0 bridgehead atoms. The van der Waals surface area contributed by atoms with E-state index in [0.29, 0.717) is 18.3 Å². The van der Waals surface area contributed by atoms with Crippen LogP contribution in [0.5, 0.6) is 0 Å². The second-order valence-corrected chi connectivity index (χ2v) is 7.93. The van der Waals surface area contributed by atoms with Crippen LogP contribution in [0.2, 0.25) is 5.02 Å². The van der Waals surface area contributed by atoms with E-state index in [1.165, 1.54) is 17.5 Å². The van der Waals surface area contributed by atoms with Crippen molar-refractivity contribution in [1.29, 1.82) is 0 Å². The van der Waals surface area contributed by atoms with Crippen molar-refractivity contribution in [3.8, 4) is 0 Å². The summed E-state index contributed by atoms with van der Waals surface area (Å²) in [5, 5.41) is 4.34. The molecule has 3 nitrogen and oxygen atoms in total. The van der Waals surface area contributed by atoms with Crippen molar-refractivity contribution in [3.63, 3.8) is 0 Å². The van der Waals surface area contributed by atoms with Crippen molar-refractivity contribution < 1.29 is 9.53 Å². The summed E-state index contributed by atoms with van der Waals surface area (Å²) in [5.74, 6) is 1.09. The van der Waals surface area contributed by atoms with Crippen molar-refractivity contribution in [3.05, 3.63) is 70.7 Å². The Kier molecular flexibility index (Phi) is 7.67. The Bertz CT molecular complexity index is 682. The van der Waals surface area contributed by atoms with Crippen LogP contribution >= 0.6 is 11.6 Å². The van der Waals surface area contributed by atoms with Gasteiger partial charge in [0.25, 0.3) is 6.47 Å². The van der Waals surface area contributed by atoms with E-state index < -0.39 is 0 Å². The van der Waals surface area contributed by atoms with Crippen molar-refractivity contribution >= 4 is 18.1 Å². The van der Waals surface area contributed by atoms with E-state index in [9.17, 15) is 4.79 Å². The largest absolute Gasteiger partial charge is 0.462 e. The molecule has 0 saturated carbocycles. The van der Waals surface area contributed by atoms with Crippen molar-refractivity contribution in [2.45, 2.75) is 44.6 Å². The molecule has 0 aliphatic carbocycles. The molecule has 0 amide bonds. The molecule has 3 rings (SSSR count). The summed E-state index contributed by atoms with van der Waals surface area (Å²) in [4.78, 5) is 9.60. The lowest BCUT2D eigenvalue weighted by molar-refractivity contribution is -0.138. The van der Waals surface area contributed by atoms with Crippen molar-refractivity contribution in [2.24, 2.45) is 0 Å². The molecule has 2 unspecified atom stereocenters. The summed E-state index contributed by atoms with van der Waals surface area (Å²) in [7, 11) is 0. The quantitative estimate of drug-likeness (QED) is 0.755. The molecular weight excluding hydrogens is 346 g/mol. The highest BCUT2D eigenvalue weighted by molar-refractivity contribution is 6.30. The molecule has 1 aliphatic heterocycles. The molecule has 1 aliphatic rings. The highest BCUT2D eigenvalue weighted by Crippen LogP contribution is 2.37. The van der Waals surface area contributed by atoms with Gasteiger partial charge in [-0.15, -0.1) is 0 Å². The maximum absolute atomic E-state index is 9.60. The first-order chi connectivity index (χ1) is 12.4. The molecule has 1 N–H and O–H groups in total. The Hall–Kier alpha value is -1.84. The lowest BCUT2D eigenvalue weighted by Crippen LogP contribution is -2.34. The molecular formula is C22H28ClNO2. The summed E-state index contributed by atoms with van der Waals surface area (Å²) in [5.41, 5.74) is 2.46. The number of hydrogen-bond acceptors (Lipinski definition) is 3. The number of rotatable bonds is 3. The molecule has 4 heteroatoms. The van der Waals surface area contributed by atoms with E-state index in [1.54, 1.807) is 0 Å². The minimum absolute atomic E-state index is 0.318. The number of hydrogen-bond donors (Lipinski definition) is 1. The van der Waals surface area contributed by atoms with Crippen LogP contribution in [-0.4, -0.2) is 25.2 Å². The van der Waals surface area contributed by atoms with Crippen LogP contribution in [0.3, 0.4) is 0 Å². The molecule has 1 saturated heterocycles. The average Bonchev–Trinajstić information content (AvgIpc) is 2.62. The zero-order chi connectivity index (χ0) is 19.0. The Morgan fingerprint density at radius 3 is 2.31 bits per heavy atom. The first kappa shape index (κ1) is 20.5. The van der Waals surface area contributed by atoms with Crippen LogP contribution in [0.1, 0.15) is 50.2 Å². The zero-order valence-electron chi connectivity index (χ0n) is 15.7. The lowest BCUT2D eigenvalue weighted by atomic mass is 9.77. The summed E-state index contributed by atoms with van der Waals surface area (Å²) < 4.78 is 4.55. The first-order valence-corrected chi connectivity index (χ1v) is 9.41. The lowest BCUT2D eigenvalue weighted by Gasteiger charge is -2.33. The van der Waals surface area contributed by atoms with Gasteiger partial charge in [-0.1, -0.05) is 54.1 Å². The third-order valence-electron chi connectivity index (χ3n) is 4.39. The van der Waals surface area contributed by atoms with Gasteiger partial charge in [-0.2, -0.15) is 0 Å². The number of carbonyl (C=O) groups excluding carboxylic acids is 1. The Labute approximate surface area is 161 Å². The highest BCUT2D eigenvalue weighted by Gasteiger charge is 2.27. The van der Waals surface area contributed by atoms with Crippen molar-refractivity contribution in [2.75, 3.05) is 13.1 Å². The van der Waals surface area contributed by atoms with E-state index in [-0.39, 0.29) is 5.60 Å². The zero-order valence-corrected chi connectivity index (χ0v) is 16.5. The molecule has 1 fully saturated rings. The second kappa shape index (κ2) is 9.75. The Morgan fingerprint density at radius 2 is 1.73 bits per heavy atom. The Morgan fingerprint density at radius 1 is 1.04 bits per heavy atom. The average molecular weight is 374 g/mol. The van der Waals surface area contributed by atoms with E-state index in [1.807, 2.05) is 32.9 Å². The SMILES string of the molecule is CC(C)(C)OC=O.Clc1cccc(C2CNCCC2c2ccccc2)c1. The maximum Gasteiger partial charge on any atom is 0.293 e. The van der Waals surface area contributed by atoms with Gasteiger partial charge < -0.3 is 10.1 Å². The standard InChI is InChI=1S/C17H18ClN.C5H10O2/c18-15-8-4-7-14(11-15)17-12-19-10-9-16(17)13-5-2-1-3-6-13;1-5(2,3)7-4-6/h1-8,11,16-17,19H,9-10,12H2;4H,1-3H3. The van der Waals surface area contributed by atoms with Gasteiger partial charge in [0, 0.05) is 17.5 Å². The van der Waals surface area contributed by atoms with Gasteiger partial charge in [0.15, 0.2) is 0 Å². The first-order valence-electron chi connectivity index (χ1n) is 9.03. The minimum atomic E-state index is -0.318. The summed E-state index contributed by atoms with van der Waals surface area (Å²) in [6, 6.07) is 19.1. The number of carbonyl (C=O) groups is 1. The highest BCUT2D eigenvalue weighted by atomic mass is 35.5. The summed E-state index contributed by atoms with van der Waals surface area (Å²) in [6.07, 6.45) is 1.18. The molecule has 140 valence electrons. The van der Waals surface area contributed by atoms with E-state index in [4.69, 9.17) is 11.6 Å². The molecule has 2 atom stereocenters. The third-order valence-corrected chi connectivity index (χ3v) is 4.62. The predicted octanol–water partition coefficient (Wildman–Crippen LogP) is 5.16. The normalized spacial score (nSPS) is 19.8. The van der Waals surface area contributed by atoms with Gasteiger partial charge in [-0.3, -0.25) is 4.79 Å². The van der Waals surface area contributed by atoms with Crippen LogP contribution in [0.4, 0.5) is 0 Å². The van der Waals surface area contributed by atoms with Crippen LogP contribution in [0.25, 0.3) is 0 Å². The fourth-order valence-electron chi connectivity index (χ4n) is 3.19. The van der Waals surface area contributed by atoms with E-state index in [2.05, 4.69) is 52.5 Å². The van der Waals surface area contributed by atoms with Gasteiger partial charge in [0.1, 0.15) is 5.60 Å². The molecule has 2 aromatic rings. The van der Waals surface area contributed by atoms with Gasteiger partial charge in [0.05, 0.1) is 0 Å². The van der Waals surface area contributed by atoms with Crippen LogP contribution < -0.4 is 5.32 Å². The maximum atomic E-state index is 9.60. The van der Waals surface area contributed by atoms with E-state index in [0.717, 1.165) is 18.1 Å². The molecule has 0 spiro atoms. The fourth-order valence-corrected chi connectivity index (χ4v) is 3.39. The van der Waals surface area contributed by atoms with Gasteiger partial charge >= 0.3 is 0 Å². The van der Waals surface area contributed by atoms with Crippen LogP contribution in [0, 0.1) is 0 Å². The van der Waals surface area contributed by atoms with E-state index >= 15 is 0 Å². The summed E-state index contributed by atoms with van der Waals surface area (Å²) in [6.45, 7) is 8.04. The van der Waals surface area contributed by atoms with Gasteiger partial charge in [-0.05, 0) is 62.9 Å². The number of benzene rings is 2. The van der Waals surface area contributed by atoms with Gasteiger partial charge in [0.2, 0.25) is 0 Å². The molecule has 0 aromatic heterocycles. The number of ether oxygens (including phenoxy) is 1. The van der Waals surface area contributed by atoms with Gasteiger partial charge in [-0.25, -0.2) is 0 Å².